The molecule has 152 valence electrons. The van der Waals surface area contributed by atoms with E-state index in [1.807, 2.05) is 61.3 Å². The highest BCUT2D eigenvalue weighted by atomic mass is 35.5. The lowest BCUT2D eigenvalue weighted by molar-refractivity contribution is -0.116. The molecule has 1 N–H and O–H groups in total. The maximum Gasteiger partial charge on any atom is 0.245 e. The fourth-order valence-corrected chi connectivity index (χ4v) is 4.59. The molecule has 7 heteroatoms. The van der Waals surface area contributed by atoms with Crippen LogP contribution in [0.2, 0.25) is 5.02 Å². The van der Waals surface area contributed by atoms with Gasteiger partial charge in [0.2, 0.25) is 5.95 Å². The van der Waals surface area contributed by atoms with Crippen LogP contribution in [0, 0.1) is 13.8 Å². The number of allylic oxidation sites excluding steroid dienone is 1. The van der Waals surface area contributed by atoms with Crippen molar-refractivity contribution >= 4 is 23.3 Å². The van der Waals surface area contributed by atoms with Crippen LogP contribution >= 0.6 is 11.6 Å². The zero-order valence-electron chi connectivity index (χ0n) is 16.7. The van der Waals surface area contributed by atoms with Gasteiger partial charge in [0.25, 0.3) is 0 Å². The predicted octanol–water partition coefficient (Wildman–Crippen LogP) is 4.81. The van der Waals surface area contributed by atoms with Gasteiger partial charge in [0.05, 0.1) is 6.26 Å². The van der Waals surface area contributed by atoms with E-state index in [2.05, 4.69) is 15.4 Å². The summed E-state index contributed by atoms with van der Waals surface area (Å²) in [4.78, 5) is 22.6. The number of benzene rings is 1. The molecule has 0 fully saturated rings. The highest BCUT2D eigenvalue weighted by Gasteiger charge is 2.43. The zero-order valence-corrected chi connectivity index (χ0v) is 17.5. The molecule has 1 aromatic carbocycles. The molecular formula is C23H21ClN4O2. The molecule has 5 rings (SSSR count). The lowest BCUT2D eigenvalue weighted by Gasteiger charge is -2.27. The number of Topliss-reactive ketones (excluding diaryl/α,β-unsaturated/α-hetero) is 1. The molecule has 3 heterocycles. The Kier molecular flexibility index (Phi) is 4.59. The van der Waals surface area contributed by atoms with Crippen molar-refractivity contribution in [2.45, 2.75) is 38.6 Å². The number of aryl methyl sites for hydroxylation is 2. The van der Waals surface area contributed by atoms with Gasteiger partial charge in [0.15, 0.2) is 5.78 Å². The SMILES string of the molecule is Cc1cc(C)nc(N2NC3=C(C(=O)C[C@@H](c4ccco4)C3)[C@H]2c2cccc(Cl)c2)n1. The van der Waals surface area contributed by atoms with Gasteiger partial charge in [-0.1, -0.05) is 23.7 Å². The fourth-order valence-electron chi connectivity index (χ4n) is 4.39. The summed E-state index contributed by atoms with van der Waals surface area (Å²) in [7, 11) is 0. The molecule has 0 bridgehead atoms. The van der Waals surface area contributed by atoms with Crippen molar-refractivity contribution < 1.29 is 9.21 Å². The molecule has 0 saturated heterocycles. The van der Waals surface area contributed by atoms with Gasteiger partial charge < -0.3 is 4.42 Å². The van der Waals surface area contributed by atoms with Crippen molar-refractivity contribution in [3.8, 4) is 0 Å². The molecule has 1 aliphatic carbocycles. The third kappa shape index (κ3) is 3.27. The lowest BCUT2D eigenvalue weighted by atomic mass is 9.81. The maximum atomic E-state index is 13.3. The Balaban J connectivity index is 1.60. The second-order valence-corrected chi connectivity index (χ2v) is 8.26. The molecule has 2 aromatic heterocycles. The zero-order chi connectivity index (χ0) is 20.8. The molecule has 6 nitrogen and oxygen atoms in total. The third-order valence-corrected chi connectivity index (χ3v) is 5.83. The number of aromatic nitrogens is 2. The van der Waals surface area contributed by atoms with E-state index >= 15 is 0 Å². The first kappa shape index (κ1) is 18.9. The predicted molar refractivity (Wildman–Crippen MR) is 114 cm³/mol. The van der Waals surface area contributed by atoms with E-state index in [1.54, 1.807) is 6.26 Å². The van der Waals surface area contributed by atoms with Crippen LogP contribution in [0.3, 0.4) is 0 Å². The normalized spacial score (nSPS) is 21.0. The van der Waals surface area contributed by atoms with Gasteiger partial charge in [-0.25, -0.2) is 15.0 Å². The van der Waals surface area contributed by atoms with Crippen molar-refractivity contribution in [2.75, 3.05) is 5.01 Å². The number of carbonyl (C=O) groups is 1. The second kappa shape index (κ2) is 7.29. The number of halogens is 1. The molecular weight excluding hydrogens is 400 g/mol. The number of nitrogens with zero attached hydrogens (tertiary/aromatic N) is 3. The summed E-state index contributed by atoms with van der Waals surface area (Å²) in [5.74, 6) is 1.48. The van der Waals surface area contributed by atoms with Crippen molar-refractivity contribution in [3.63, 3.8) is 0 Å². The van der Waals surface area contributed by atoms with Crippen LogP contribution in [0.25, 0.3) is 0 Å². The first-order chi connectivity index (χ1) is 14.5. The second-order valence-electron chi connectivity index (χ2n) is 7.83. The van der Waals surface area contributed by atoms with E-state index in [9.17, 15) is 4.79 Å². The van der Waals surface area contributed by atoms with E-state index in [1.165, 1.54) is 0 Å². The molecule has 2 aliphatic rings. The maximum absolute atomic E-state index is 13.3. The Morgan fingerprint density at radius 1 is 1.10 bits per heavy atom. The minimum absolute atomic E-state index is 0.0128. The average molecular weight is 421 g/mol. The quantitative estimate of drug-likeness (QED) is 0.655. The Morgan fingerprint density at radius 3 is 2.60 bits per heavy atom. The van der Waals surface area contributed by atoms with Crippen molar-refractivity contribution in [2.24, 2.45) is 0 Å². The van der Waals surface area contributed by atoms with E-state index in [-0.39, 0.29) is 17.7 Å². The average Bonchev–Trinajstić information content (AvgIpc) is 3.35. The summed E-state index contributed by atoms with van der Waals surface area (Å²) in [6, 6.07) is 13.0. The summed E-state index contributed by atoms with van der Waals surface area (Å²) < 4.78 is 5.58. The minimum atomic E-state index is -0.343. The molecule has 0 unspecified atom stereocenters. The minimum Gasteiger partial charge on any atom is -0.469 e. The number of anilines is 1. The number of furan rings is 1. The topological polar surface area (TPSA) is 71.3 Å². The number of rotatable bonds is 3. The van der Waals surface area contributed by atoms with E-state index in [4.69, 9.17) is 16.0 Å². The van der Waals surface area contributed by atoms with Crippen LogP contribution in [-0.2, 0) is 4.79 Å². The van der Waals surface area contributed by atoms with Gasteiger partial charge in [-0.05, 0) is 56.2 Å². The molecule has 0 saturated carbocycles. The lowest BCUT2D eigenvalue weighted by Crippen LogP contribution is -2.36. The number of hydrazine groups is 1. The van der Waals surface area contributed by atoms with Crippen molar-refractivity contribution in [1.29, 1.82) is 0 Å². The molecule has 2 atom stereocenters. The Bertz CT molecular complexity index is 1140. The van der Waals surface area contributed by atoms with Gasteiger partial charge >= 0.3 is 0 Å². The number of ketones is 1. The summed E-state index contributed by atoms with van der Waals surface area (Å²) in [6.45, 7) is 3.88. The van der Waals surface area contributed by atoms with Gasteiger partial charge in [-0.2, -0.15) is 0 Å². The van der Waals surface area contributed by atoms with E-state index < -0.39 is 0 Å². The molecule has 3 aromatic rings. The van der Waals surface area contributed by atoms with Gasteiger partial charge in [0, 0.05) is 40.0 Å². The molecule has 0 radical (unpaired) electrons. The van der Waals surface area contributed by atoms with Crippen LogP contribution in [0.5, 0.6) is 0 Å². The molecule has 30 heavy (non-hydrogen) atoms. The summed E-state index contributed by atoms with van der Waals surface area (Å²) in [5.41, 5.74) is 7.74. The summed E-state index contributed by atoms with van der Waals surface area (Å²) in [5, 5.41) is 2.51. The monoisotopic (exact) mass is 420 g/mol. The smallest absolute Gasteiger partial charge is 0.245 e. The van der Waals surface area contributed by atoms with Crippen LogP contribution in [0.15, 0.2) is 64.4 Å². The highest BCUT2D eigenvalue weighted by Crippen LogP contribution is 2.45. The third-order valence-electron chi connectivity index (χ3n) is 5.59. The Morgan fingerprint density at radius 2 is 1.90 bits per heavy atom. The van der Waals surface area contributed by atoms with Crippen LogP contribution in [-0.4, -0.2) is 15.8 Å². The number of hydrogen-bond donors (Lipinski definition) is 1. The number of hydrogen-bond acceptors (Lipinski definition) is 6. The standard InChI is InChI=1S/C23H21ClN4O2/c1-13-9-14(2)26-23(25-13)28-22(15-5-3-6-17(24)10-15)21-18(27-28)11-16(12-19(21)29)20-7-4-8-30-20/h3-10,16,22,27H,11-12H2,1-2H3/t16-,22+/m0/s1. The first-order valence-corrected chi connectivity index (χ1v) is 10.3. The van der Waals surface area contributed by atoms with Gasteiger partial charge in [-0.3, -0.25) is 10.2 Å². The van der Waals surface area contributed by atoms with Crippen LogP contribution < -0.4 is 10.4 Å². The largest absolute Gasteiger partial charge is 0.469 e. The summed E-state index contributed by atoms with van der Waals surface area (Å²) >= 11 is 6.29. The van der Waals surface area contributed by atoms with Crippen molar-refractivity contribution in [3.05, 3.63) is 87.7 Å². The highest BCUT2D eigenvalue weighted by molar-refractivity contribution is 6.30. The molecule has 0 amide bonds. The Hall–Kier alpha value is -3.12. The first-order valence-electron chi connectivity index (χ1n) is 9.93. The van der Waals surface area contributed by atoms with E-state index in [0.717, 1.165) is 34.0 Å². The van der Waals surface area contributed by atoms with E-state index in [0.29, 0.717) is 23.8 Å². The number of carbonyl (C=O) groups excluding carboxylic acids is 1. The fraction of sp³-hybridized carbons (Fsp3) is 0.261. The van der Waals surface area contributed by atoms with Crippen LogP contribution in [0.1, 0.15) is 47.5 Å². The Labute approximate surface area is 179 Å². The molecule has 0 spiro atoms. The number of nitrogens with one attached hydrogen (secondary N) is 1. The van der Waals surface area contributed by atoms with Gasteiger partial charge in [0.1, 0.15) is 11.8 Å². The van der Waals surface area contributed by atoms with Gasteiger partial charge in [-0.15, -0.1) is 0 Å². The molecule has 1 aliphatic heterocycles. The summed E-state index contributed by atoms with van der Waals surface area (Å²) in [6.07, 6.45) is 2.75. The van der Waals surface area contributed by atoms with Crippen molar-refractivity contribution in [1.82, 2.24) is 15.4 Å². The van der Waals surface area contributed by atoms with Crippen LogP contribution in [0.4, 0.5) is 5.95 Å².